The van der Waals surface area contributed by atoms with Crippen LogP contribution in [-0.2, 0) is 0 Å². The molecule has 5 nitrogen and oxygen atoms in total. The number of amides is 2. The third-order valence-corrected chi connectivity index (χ3v) is 3.95. The lowest BCUT2D eigenvalue weighted by Gasteiger charge is -2.27. The van der Waals surface area contributed by atoms with Crippen LogP contribution < -0.4 is 10.6 Å². The molecule has 2 fully saturated rings. The Hall–Kier alpha value is -1.49. The van der Waals surface area contributed by atoms with Gasteiger partial charge in [0.15, 0.2) is 0 Å². The molecule has 2 atom stereocenters. The first kappa shape index (κ1) is 12.5. The summed E-state index contributed by atoms with van der Waals surface area (Å²) in [4.78, 5) is 13.9. The number of carbonyl (C=O) groups is 1. The van der Waals surface area contributed by atoms with E-state index < -0.39 is 0 Å². The van der Waals surface area contributed by atoms with Crippen molar-refractivity contribution in [1.29, 1.82) is 0 Å². The molecule has 1 aromatic heterocycles. The number of aryl methyl sites for hydroxylation is 1. The second-order valence-corrected chi connectivity index (χ2v) is 5.50. The lowest BCUT2D eigenvalue weighted by Crippen LogP contribution is -2.44. The Bertz CT molecular complexity index is 451. The normalized spacial score (nSPS) is 27.6. The minimum Gasteiger partial charge on any atom is -0.464 e. The van der Waals surface area contributed by atoms with Crippen LogP contribution in [0.5, 0.6) is 0 Å². The maximum absolute atomic E-state index is 12.0. The van der Waals surface area contributed by atoms with Gasteiger partial charge in [-0.05, 0) is 38.4 Å². The van der Waals surface area contributed by atoms with Gasteiger partial charge in [0.2, 0.25) is 0 Å². The van der Waals surface area contributed by atoms with Crippen molar-refractivity contribution in [2.45, 2.75) is 38.3 Å². The summed E-state index contributed by atoms with van der Waals surface area (Å²) in [5.41, 5.74) is 0. The van der Waals surface area contributed by atoms with Gasteiger partial charge in [-0.1, -0.05) is 6.42 Å². The molecule has 0 aromatic carbocycles. The number of carbonyl (C=O) groups excluding carboxylic acids is 1. The number of hydrogen-bond acceptors (Lipinski definition) is 3. The molecule has 0 saturated carbocycles. The predicted octanol–water partition coefficient (Wildman–Crippen LogP) is 1.80. The van der Waals surface area contributed by atoms with Gasteiger partial charge in [0, 0.05) is 12.6 Å². The zero-order valence-corrected chi connectivity index (χ0v) is 11.3. The predicted molar refractivity (Wildman–Crippen MR) is 71.9 cm³/mol. The molecule has 2 aliphatic rings. The number of piperidine rings is 1. The molecule has 0 aliphatic carbocycles. The van der Waals surface area contributed by atoms with E-state index >= 15 is 0 Å². The monoisotopic (exact) mass is 263 g/mol. The highest BCUT2D eigenvalue weighted by molar-refractivity contribution is 5.77. The molecule has 19 heavy (non-hydrogen) atoms. The Morgan fingerprint density at radius 3 is 3.00 bits per heavy atom. The van der Waals surface area contributed by atoms with Crippen molar-refractivity contribution in [3.8, 4) is 0 Å². The summed E-state index contributed by atoms with van der Waals surface area (Å²) in [6, 6.07) is 4.34. The quantitative estimate of drug-likeness (QED) is 0.874. The largest absolute Gasteiger partial charge is 0.464 e. The lowest BCUT2D eigenvalue weighted by atomic mass is 10.0. The van der Waals surface area contributed by atoms with Gasteiger partial charge in [0.25, 0.3) is 0 Å². The molecule has 2 saturated heterocycles. The summed E-state index contributed by atoms with van der Waals surface area (Å²) in [6.07, 6.45) is 3.67. The van der Waals surface area contributed by atoms with E-state index in [-0.39, 0.29) is 12.1 Å². The second kappa shape index (κ2) is 5.25. The Balaban J connectivity index is 1.60. The van der Waals surface area contributed by atoms with E-state index in [9.17, 15) is 4.79 Å². The van der Waals surface area contributed by atoms with E-state index in [4.69, 9.17) is 4.42 Å². The first-order valence-electron chi connectivity index (χ1n) is 7.07. The van der Waals surface area contributed by atoms with Gasteiger partial charge in [-0.2, -0.15) is 0 Å². The van der Waals surface area contributed by atoms with Crippen molar-refractivity contribution in [2.24, 2.45) is 0 Å². The summed E-state index contributed by atoms with van der Waals surface area (Å²) in [6.45, 7) is 4.48. The summed E-state index contributed by atoms with van der Waals surface area (Å²) < 4.78 is 5.60. The lowest BCUT2D eigenvalue weighted by molar-refractivity contribution is 0.207. The Morgan fingerprint density at radius 1 is 1.42 bits per heavy atom. The van der Waals surface area contributed by atoms with Crippen LogP contribution in [0.2, 0.25) is 0 Å². The fourth-order valence-corrected chi connectivity index (χ4v) is 2.89. The van der Waals surface area contributed by atoms with Gasteiger partial charge in [0.05, 0.1) is 6.54 Å². The number of hydrogen-bond donors (Lipinski definition) is 2. The van der Waals surface area contributed by atoms with Crippen LogP contribution in [0.3, 0.4) is 0 Å². The van der Waals surface area contributed by atoms with Crippen molar-refractivity contribution in [2.75, 3.05) is 19.6 Å². The fraction of sp³-hybridized carbons (Fsp3) is 0.643. The smallest absolute Gasteiger partial charge is 0.318 e. The topological polar surface area (TPSA) is 57.5 Å². The summed E-state index contributed by atoms with van der Waals surface area (Å²) in [7, 11) is 0. The average Bonchev–Trinajstić information content (AvgIpc) is 2.98. The Labute approximate surface area is 113 Å². The maximum Gasteiger partial charge on any atom is 0.318 e. The highest BCUT2D eigenvalue weighted by Crippen LogP contribution is 2.23. The fourth-order valence-electron chi connectivity index (χ4n) is 2.89. The molecular weight excluding hydrogens is 242 g/mol. The van der Waals surface area contributed by atoms with Crippen molar-refractivity contribution < 1.29 is 9.21 Å². The minimum absolute atomic E-state index is 0.00945. The first-order valence-corrected chi connectivity index (χ1v) is 7.07. The number of nitrogens with one attached hydrogen (secondary N) is 2. The van der Waals surface area contributed by atoms with Crippen LogP contribution in [0.4, 0.5) is 4.79 Å². The number of furan rings is 1. The van der Waals surface area contributed by atoms with Crippen LogP contribution >= 0.6 is 0 Å². The zero-order chi connectivity index (χ0) is 13.2. The molecule has 104 valence electrons. The van der Waals surface area contributed by atoms with Gasteiger partial charge < -0.3 is 20.0 Å². The third-order valence-electron chi connectivity index (χ3n) is 3.95. The average molecular weight is 263 g/mol. The number of urea groups is 1. The van der Waals surface area contributed by atoms with Gasteiger partial charge in [-0.3, -0.25) is 0 Å². The van der Waals surface area contributed by atoms with E-state index in [1.54, 1.807) is 0 Å². The summed E-state index contributed by atoms with van der Waals surface area (Å²) in [5, 5.41) is 6.47. The molecule has 2 amide bonds. The van der Waals surface area contributed by atoms with Crippen molar-refractivity contribution in [1.82, 2.24) is 15.5 Å². The van der Waals surface area contributed by atoms with Crippen LogP contribution in [0.1, 0.15) is 36.8 Å². The standard InChI is InChI=1S/C14H21N3O2/c1-10-5-6-13(19-10)12-9-17(14(18)16-12)8-11-4-2-3-7-15-11/h5-6,11-12,15H,2-4,7-9H2,1H3,(H,16,18). The van der Waals surface area contributed by atoms with E-state index in [2.05, 4.69) is 10.6 Å². The first-order chi connectivity index (χ1) is 9.22. The number of nitrogens with zero attached hydrogens (tertiary/aromatic N) is 1. The van der Waals surface area contributed by atoms with Crippen molar-refractivity contribution >= 4 is 6.03 Å². The molecular formula is C14H21N3O2. The van der Waals surface area contributed by atoms with E-state index in [1.165, 1.54) is 12.8 Å². The van der Waals surface area contributed by atoms with Crippen LogP contribution in [0.15, 0.2) is 16.5 Å². The van der Waals surface area contributed by atoms with Crippen LogP contribution in [0.25, 0.3) is 0 Å². The molecule has 3 rings (SSSR count). The van der Waals surface area contributed by atoms with Crippen LogP contribution in [0, 0.1) is 6.92 Å². The molecule has 0 spiro atoms. The Morgan fingerprint density at radius 2 is 2.32 bits per heavy atom. The SMILES string of the molecule is Cc1ccc(C2CN(CC3CCCCN3)C(=O)N2)o1. The Kier molecular flexibility index (Phi) is 3.46. The second-order valence-electron chi connectivity index (χ2n) is 5.50. The van der Waals surface area contributed by atoms with Gasteiger partial charge in [0.1, 0.15) is 17.6 Å². The van der Waals surface area contributed by atoms with Gasteiger partial charge in [-0.25, -0.2) is 4.79 Å². The molecule has 5 heteroatoms. The zero-order valence-electron chi connectivity index (χ0n) is 11.3. The highest BCUT2D eigenvalue weighted by atomic mass is 16.3. The van der Waals surface area contributed by atoms with E-state index in [0.717, 1.165) is 31.0 Å². The molecule has 2 N–H and O–H groups in total. The minimum atomic E-state index is -0.00945. The van der Waals surface area contributed by atoms with Crippen molar-refractivity contribution in [3.05, 3.63) is 23.7 Å². The summed E-state index contributed by atoms with van der Waals surface area (Å²) in [5.74, 6) is 1.74. The highest BCUT2D eigenvalue weighted by Gasteiger charge is 2.33. The molecule has 3 heterocycles. The van der Waals surface area contributed by atoms with E-state index in [1.807, 2.05) is 24.0 Å². The van der Waals surface area contributed by atoms with Crippen molar-refractivity contribution in [3.63, 3.8) is 0 Å². The van der Waals surface area contributed by atoms with Gasteiger partial charge in [-0.15, -0.1) is 0 Å². The van der Waals surface area contributed by atoms with E-state index in [0.29, 0.717) is 12.6 Å². The molecule has 0 bridgehead atoms. The maximum atomic E-state index is 12.0. The molecule has 2 aliphatic heterocycles. The molecule has 1 aromatic rings. The molecule has 0 radical (unpaired) electrons. The van der Waals surface area contributed by atoms with Crippen LogP contribution in [-0.4, -0.2) is 36.6 Å². The summed E-state index contributed by atoms with van der Waals surface area (Å²) >= 11 is 0. The molecule has 2 unspecified atom stereocenters. The van der Waals surface area contributed by atoms with Gasteiger partial charge >= 0.3 is 6.03 Å². The third kappa shape index (κ3) is 2.76. The number of rotatable bonds is 3.